The SMILES string of the molecule is CC/C=C/C/C=C/C/C=C/C/C=C/CCCCC(=O)OC[C@H](CO[C@H]1O[C@H](CS(=O)(=O)O)[C@@H](O)C(O)C1O)OC(=O)CCCCCCCCCCCCCCC. The summed E-state index contributed by atoms with van der Waals surface area (Å²) < 4.78 is 53.9. The molecule has 56 heavy (non-hydrogen) atoms. The minimum Gasteiger partial charge on any atom is -0.462 e. The molecule has 0 aromatic rings. The monoisotopic (exact) mass is 814 g/mol. The first-order valence-electron chi connectivity index (χ1n) is 21.2. The van der Waals surface area contributed by atoms with E-state index < -0.39 is 71.2 Å². The van der Waals surface area contributed by atoms with Gasteiger partial charge in [-0.2, -0.15) is 8.42 Å². The van der Waals surface area contributed by atoms with Crippen LogP contribution < -0.4 is 0 Å². The van der Waals surface area contributed by atoms with E-state index in [0.29, 0.717) is 12.8 Å². The average molecular weight is 815 g/mol. The molecule has 0 radical (unpaired) electrons. The largest absolute Gasteiger partial charge is 0.462 e. The Bertz CT molecular complexity index is 1230. The Morgan fingerprint density at radius 1 is 0.625 bits per heavy atom. The van der Waals surface area contributed by atoms with Gasteiger partial charge in [0.05, 0.1) is 6.61 Å². The van der Waals surface area contributed by atoms with Crippen molar-refractivity contribution in [3.8, 4) is 0 Å². The van der Waals surface area contributed by atoms with E-state index >= 15 is 0 Å². The Labute approximate surface area is 337 Å². The van der Waals surface area contributed by atoms with E-state index in [2.05, 4.69) is 62.5 Å². The summed E-state index contributed by atoms with van der Waals surface area (Å²) in [5, 5.41) is 30.8. The standard InChI is InChI=1S/C43H74O12S/c1-3-5-7-9-11-13-15-17-18-20-21-23-25-27-29-31-38(44)52-33-36(34-53-43-42(48)41(47)40(46)37(55-43)35-56(49,50)51)54-39(45)32-30-28-26-24-22-19-16-14-12-10-8-6-4-2/h5,7,11,13,17-18,21,23,36-37,40-43,46-48H,3-4,6,8-10,12,14-16,19-20,22,24-35H2,1-2H3,(H,49,50,51)/b7-5+,13-11+,18-17+,23-21+/t36-,37-,40-,41?,42?,43+/m1/s1. The molecule has 12 nitrogen and oxygen atoms in total. The highest BCUT2D eigenvalue weighted by molar-refractivity contribution is 7.85. The number of carbonyl (C=O) groups is 2. The Morgan fingerprint density at radius 2 is 1.12 bits per heavy atom. The fraction of sp³-hybridized carbons (Fsp3) is 0.767. The minimum atomic E-state index is -4.60. The number of ether oxygens (including phenoxy) is 4. The number of esters is 2. The van der Waals surface area contributed by atoms with Crippen LogP contribution in [0.5, 0.6) is 0 Å². The van der Waals surface area contributed by atoms with Crippen molar-refractivity contribution in [1.82, 2.24) is 0 Å². The molecule has 0 amide bonds. The number of aliphatic hydroxyl groups is 3. The number of rotatable bonds is 34. The van der Waals surface area contributed by atoms with Crippen molar-refractivity contribution in [3.63, 3.8) is 0 Å². The van der Waals surface area contributed by atoms with Crippen molar-refractivity contribution in [1.29, 1.82) is 0 Å². The second-order valence-electron chi connectivity index (χ2n) is 14.6. The van der Waals surface area contributed by atoms with Crippen molar-refractivity contribution in [2.75, 3.05) is 19.0 Å². The van der Waals surface area contributed by atoms with Crippen molar-refractivity contribution in [2.24, 2.45) is 0 Å². The number of allylic oxidation sites excluding steroid dienone is 8. The van der Waals surface area contributed by atoms with Gasteiger partial charge in [-0.15, -0.1) is 0 Å². The van der Waals surface area contributed by atoms with E-state index in [0.717, 1.165) is 57.8 Å². The molecule has 1 aliphatic rings. The number of unbranched alkanes of at least 4 members (excludes halogenated alkanes) is 14. The highest BCUT2D eigenvalue weighted by atomic mass is 32.2. The fourth-order valence-corrected chi connectivity index (χ4v) is 6.83. The lowest BCUT2D eigenvalue weighted by molar-refractivity contribution is -0.297. The lowest BCUT2D eigenvalue weighted by Gasteiger charge is -2.40. The van der Waals surface area contributed by atoms with E-state index in [1.54, 1.807) is 0 Å². The average Bonchev–Trinajstić information content (AvgIpc) is 3.16. The van der Waals surface area contributed by atoms with Crippen LogP contribution in [0.3, 0.4) is 0 Å². The van der Waals surface area contributed by atoms with Gasteiger partial charge in [0.2, 0.25) is 0 Å². The van der Waals surface area contributed by atoms with Gasteiger partial charge >= 0.3 is 11.9 Å². The van der Waals surface area contributed by atoms with Gasteiger partial charge in [-0.1, -0.05) is 140 Å². The maximum absolute atomic E-state index is 12.8. The van der Waals surface area contributed by atoms with E-state index in [-0.39, 0.29) is 19.4 Å². The third-order valence-electron chi connectivity index (χ3n) is 9.42. The maximum atomic E-state index is 12.8. The summed E-state index contributed by atoms with van der Waals surface area (Å²) in [5.74, 6) is -2.04. The number of aliphatic hydroxyl groups excluding tert-OH is 3. The molecule has 0 spiro atoms. The third kappa shape index (κ3) is 28.1. The van der Waals surface area contributed by atoms with Crippen LogP contribution in [0.4, 0.5) is 0 Å². The summed E-state index contributed by atoms with van der Waals surface area (Å²) in [5.41, 5.74) is 0. The Hall–Kier alpha value is -2.39. The molecular weight excluding hydrogens is 741 g/mol. The van der Waals surface area contributed by atoms with Crippen LogP contribution in [-0.2, 0) is 38.7 Å². The number of carbonyl (C=O) groups excluding carboxylic acids is 2. The van der Waals surface area contributed by atoms with Gasteiger partial charge in [0.25, 0.3) is 10.1 Å². The summed E-state index contributed by atoms with van der Waals surface area (Å²) in [6, 6.07) is 0. The molecule has 0 aromatic carbocycles. The van der Waals surface area contributed by atoms with Crippen LogP contribution in [0.25, 0.3) is 0 Å². The molecule has 13 heteroatoms. The van der Waals surface area contributed by atoms with Crippen molar-refractivity contribution in [3.05, 3.63) is 48.6 Å². The van der Waals surface area contributed by atoms with Gasteiger partial charge in [0.1, 0.15) is 36.8 Å². The fourth-order valence-electron chi connectivity index (χ4n) is 6.14. The highest BCUT2D eigenvalue weighted by Gasteiger charge is 2.46. The lowest BCUT2D eigenvalue weighted by Crippen LogP contribution is -2.60. The molecule has 0 bridgehead atoms. The first kappa shape index (κ1) is 51.6. The van der Waals surface area contributed by atoms with E-state index in [9.17, 15) is 37.9 Å². The van der Waals surface area contributed by atoms with Crippen LogP contribution in [-0.4, -0.2) is 96.0 Å². The summed E-state index contributed by atoms with van der Waals surface area (Å²) in [4.78, 5) is 25.3. The molecule has 0 saturated carbocycles. The van der Waals surface area contributed by atoms with Gasteiger partial charge in [-0.05, 0) is 51.4 Å². The first-order valence-corrected chi connectivity index (χ1v) is 22.8. The predicted molar refractivity (Wildman–Crippen MR) is 219 cm³/mol. The molecule has 1 saturated heterocycles. The van der Waals surface area contributed by atoms with Gasteiger partial charge in [-0.3, -0.25) is 14.1 Å². The van der Waals surface area contributed by atoms with Gasteiger partial charge < -0.3 is 34.3 Å². The summed E-state index contributed by atoms with van der Waals surface area (Å²) in [7, 11) is -4.60. The summed E-state index contributed by atoms with van der Waals surface area (Å²) in [6.07, 6.45) is 28.8. The molecular formula is C43H74O12S. The van der Waals surface area contributed by atoms with Crippen molar-refractivity contribution >= 4 is 22.1 Å². The third-order valence-corrected chi connectivity index (χ3v) is 10.2. The first-order chi connectivity index (χ1) is 27.0. The number of hydrogen-bond acceptors (Lipinski definition) is 11. The second-order valence-corrected chi connectivity index (χ2v) is 16.1. The molecule has 1 heterocycles. The van der Waals surface area contributed by atoms with Crippen LogP contribution in [0, 0.1) is 0 Å². The summed E-state index contributed by atoms with van der Waals surface area (Å²) >= 11 is 0. The highest BCUT2D eigenvalue weighted by Crippen LogP contribution is 2.24. The molecule has 4 N–H and O–H groups in total. The van der Waals surface area contributed by atoms with Gasteiger partial charge in [-0.25, -0.2) is 0 Å². The van der Waals surface area contributed by atoms with Crippen molar-refractivity contribution in [2.45, 2.75) is 192 Å². The molecule has 2 unspecified atom stereocenters. The number of hydrogen-bond donors (Lipinski definition) is 4. The van der Waals surface area contributed by atoms with Gasteiger partial charge in [0, 0.05) is 12.8 Å². The molecule has 0 aliphatic carbocycles. The van der Waals surface area contributed by atoms with Crippen LogP contribution in [0.1, 0.15) is 155 Å². The maximum Gasteiger partial charge on any atom is 0.306 e. The molecule has 324 valence electrons. The second kappa shape index (κ2) is 33.6. The molecule has 1 fully saturated rings. The zero-order chi connectivity index (χ0) is 41.3. The predicted octanol–water partition coefficient (Wildman–Crippen LogP) is 8.00. The van der Waals surface area contributed by atoms with Gasteiger partial charge in [0.15, 0.2) is 12.4 Å². The van der Waals surface area contributed by atoms with Crippen LogP contribution >= 0.6 is 0 Å². The van der Waals surface area contributed by atoms with E-state index in [1.165, 1.54) is 57.8 Å². The molecule has 6 atom stereocenters. The zero-order valence-electron chi connectivity index (χ0n) is 34.2. The van der Waals surface area contributed by atoms with Crippen molar-refractivity contribution < 1.29 is 56.8 Å². The zero-order valence-corrected chi connectivity index (χ0v) is 35.0. The van der Waals surface area contributed by atoms with Crippen LogP contribution in [0.2, 0.25) is 0 Å². The Morgan fingerprint density at radius 3 is 1.68 bits per heavy atom. The Kier molecular flexibility index (Phi) is 30.9. The molecule has 1 aliphatic heterocycles. The lowest BCUT2D eigenvalue weighted by atomic mass is 10.00. The smallest absolute Gasteiger partial charge is 0.306 e. The normalized spacial score (nSPS) is 21.1. The quantitative estimate of drug-likeness (QED) is 0.0213. The molecule has 1 rings (SSSR count). The Balaban J connectivity index is 2.51. The summed E-state index contributed by atoms with van der Waals surface area (Å²) in [6.45, 7) is 3.59. The van der Waals surface area contributed by atoms with E-state index in [1.807, 2.05) is 0 Å². The van der Waals surface area contributed by atoms with Crippen LogP contribution in [0.15, 0.2) is 48.6 Å². The molecule has 0 aromatic heterocycles. The minimum absolute atomic E-state index is 0.156. The topological polar surface area (TPSA) is 186 Å². The van der Waals surface area contributed by atoms with E-state index in [4.69, 9.17) is 18.9 Å².